The number of nitrogens with one attached hydrogen (secondary N) is 3. The first-order valence-electron chi connectivity index (χ1n) is 9.87. The Balaban J connectivity index is 1.34. The zero-order valence-electron chi connectivity index (χ0n) is 16.3. The lowest BCUT2D eigenvalue weighted by atomic mass is 10.1. The van der Waals surface area contributed by atoms with Gasteiger partial charge in [0, 0.05) is 12.2 Å². The summed E-state index contributed by atoms with van der Waals surface area (Å²) >= 11 is 0. The van der Waals surface area contributed by atoms with Crippen molar-refractivity contribution >= 4 is 23.2 Å². The molecule has 1 aliphatic heterocycles. The maximum atomic E-state index is 12.6. The summed E-state index contributed by atoms with van der Waals surface area (Å²) in [7, 11) is 0. The molecule has 2 aliphatic rings. The van der Waals surface area contributed by atoms with Crippen LogP contribution in [0.4, 0.5) is 5.82 Å². The van der Waals surface area contributed by atoms with Crippen LogP contribution in [0.15, 0.2) is 48.5 Å². The first kappa shape index (κ1) is 19.1. The van der Waals surface area contributed by atoms with Crippen LogP contribution in [0.1, 0.15) is 36.2 Å². The lowest BCUT2D eigenvalue weighted by Crippen LogP contribution is -2.50. The number of pyridine rings is 1. The Morgan fingerprint density at radius 1 is 1.21 bits per heavy atom. The summed E-state index contributed by atoms with van der Waals surface area (Å²) < 4.78 is 0. The SMILES string of the molecule is C[C@H](NC(=O)[C@H]1C=C(c2ccccc2)CN1)C(=O)NC1CCc2nc(N)ccc21. The summed E-state index contributed by atoms with van der Waals surface area (Å²) in [5.41, 5.74) is 9.83. The smallest absolute Gasteiger partial charge is 0.242 e. The van der Waals surface area contributed by atoms with Crippen molar-refractivity contribution in [1.29, 1.82) is 0 Å². The quantitative estimate of drug-likeness (QED) is 0.615. The highest BCUT2D eigenvalue weighted by molar-refractivity contribution is 5.92. The van der Waals surface area contributed by atoms with Gasteiger partial charge in [-0.2, -0.15) is 0 Å². The van der Waals surface area contributed by atoms with E-state index in [1.54, 1.807) is 13.0 Å². The molecule has 1 aliphatic carbocycles. The summed E-state index contributed by atoms with van der Waals surface area (Å²) in [6, 6.07) is 12.4. The highest BCUT2D eigenvalue weighted by atomic mass is 16.2. The van der Waals surface area contributed by atoms with Gasteiger partial charge in [-0.05, 0) is 42.5 Å². The maximum absolute atomic E-state index is 12.6. The van der Waals surface area contributed by atoms with E-state index in [0.717, 1.165) is 35.2 Å². The Hall–Kier alpha value is -3.19. The number of carbonyl (C=O) groups excluding carboxylic acids is 2. The number of rotatable bonds is 5. The van der Waals surface area contributed by atoms with Crippen LogP contribution in [0.2, 0.25) is 0 Å². The minimum atomic E-state index is -0.635. The summed E-state index contributed by atoms with van der Waals surface area (Å²) in [4.78, 5) is 29.5. The molecule has 1 unspecified atom stereocenters. The van der Waals surface area contributed by atoms with Crippen LogP contribution in [-0.4, -0.2) is 35.4 Å². The van der Waals surface area contributed by atoms with Crippen molar-refractivity contribution in [3.8, 4) is 0 Å². The Bertz CT molecular complexity index is 957. The molecule has 0 fully saturated rings. The fourth-order valence-electron chi connectivity index (χ4n) is 3.86. The molecule has 0 spiro atoms. The van der Waals surface area contributed by atoms with E-state index in [1.807, 2.05) is 42.5 Å². The van der Waals surface area contributed by atoms with E-state index in [-0.39, 0.29) is 17.9 Å². The number of amides is 2. The van der Waals surface area contributed by atoms with Gasteiger partial charge >= 0.3 is 0 Å². The fourth-order valence-corrected chi connectivity index (χ4v) is 3.86. The first-order chi connectivity index (χ1) is 14.0. The molecule has 0 radical (unpaired) electrons. The highest BCUT2D eigenvalue weighted by Crippen LogP contribution is 2.30. The molecule has 4 rings (SSSR count). The van der Waals surface area contributed by atoms with E-state index in [0.29, 0.717) is 12.4 Å². The number of nitrogen functional groups attached to an aromatic ring is 1. The summed E-state index contributed by atoms with van der Waals surface area (Å²) in [5.74, 6) is 0.0708. The summed E-state index contributed by atoms with van der Waals surface area (Å²) in [6.07, 6.45) is 3.48. The maximum Gasteiger partial charge on any atom is 0.242 e. The van der Waals surface area contributed by atoms with Crippen molar-refractivity contribution in [1.82, 2.24) is 20.9 Å². The molecule has 150 valence electrons. The van der Waals surface area contributed by atoms with Crippen LogP contribution >= 0.6 is 0 Å². The van der Waals surface area contributed by atoms with Gasteiger partial charge in [0.2, 0.25) is 11.8 Å². The number of hydrogen-bond acceptors (Lipinski definition) is 5. The predicted molar refractivity (Wildman–Crippen MR) is 112 cm³/mol. The molecular formula is C22H25N5O2. The van der Waals surface area contributed by atoms with Gasteiger partial charge in [0.1, 0.15) is 17.9 Å². The van der Waals surface area contributed by atoms with Gasteiger partial charge in [-0.1, -0.05) is 42.5 Å². The van der Waals surface area contributed by atoms with Crippen molar-refractivity contribution < 1.29 is 9.59 Å². The van der Waals surface area contributed by atoms with E-state index >= 15 is 0 Å². The standard InChI is InChI=1S/C22H25N5O2/c1-13(21(28)27-18-9-8-17-16(18)7-10-20(23)26-17)25-22(29)19-11-15(12-24-19)14-5-3-2-4-6-14/h2-7,10-11,13,18-19,24H,8-9,12H2,1H3,(H2,23,26)(H,25,29)(H,27,28)/t13-,18?,19+/m0/s1. The largest absolute Gasteiger partial charge is 0.384 e. The Labute approximate surface area is 169 Å². The van der Waals surface area contributed by atoms with Crippen LogP contribution < -0.4 is 21.7 Å². The molecule has 29 heavy (non-hydrogen) atoms. The molecule has 5 N–H and O–H groups in total. The summed E-state index contributed by atoms with van der Waals surface area (Å²) in [6.45, 7) is 2.32. The molecular weight excluding hydrogens is 366 g/mol. The lowest BCUT2D eigenvalue weighted by Gasteiger charge is -2.20. The molecule has 7 nitrogen and oxygen atoms in total. The zero-order valence-corrected chi connectivity index (χ0v) is 16.3. The van der Waals surface area contributed by atoms with E-state index in [1.165, 1.54) is 0 Å². The van der Waals surface area contributed by atoms with E-state index < -0.39 is 12.1 Å². The molecule has 2 heterocycles. The van der Waals surface area contributed by atoms with Gasteiger partial charge in [0.05, 0.1) is 6.04 Å². The van der Waals surface area contributed by atoms with Crippen LogP contribution in [0.25, 0.3) is 5.57 Å². The second-order valence-electron chi connectivity index (χ2n) is 7.52. The Morgan fingerprint density at radius 3 is 2.79 bits per heavy atom. The van der Waals surface area contributed by atoms with Gasteiger partial charge in [-0.3, -0.25) is 14.9 Å². The molecule has 2 aromatic rings. The average molecular weight is 391 g/mol. The van der Waals surface area contributed by atoms with Gasteiger partial charge < -0.3 is 16.4 Å². The van der Waals surface area contributed by atoms with E-state index in [9.17, 15) is 9.59 Å². The number of aryl methyl sites for hydroxylation is 1. The van der Waals surface area contributed by atoms with Gasteiger partial charge in [0.25, 0.3) is 0 Å². The lowest BCUT2D eigenvalue weighted by molar-refractivity contribution is -0.129. The van der Waals surface area contributed by atoms with Crippen LogP contribution in [0, 0.1) is 0 Å². The number of benzene rings is 1. The van der Waals surface area contributed by atoms with Crippen molar-refractivity contribution in [2.45, 2.75) is 37.9 Å². The van der Waals surface area contributed by atoms with Crippen molar-refractivity contribution in [2.24, 2.45) is 0 Å². The summed E-state index contributed by atoms with van der Waals surface area (Å²) in [5, 5.41) is 9.01. The minimum absolute atomic E-state index is 0.0980. The van der Waals surface area contributed by atoms with Crippen molar-refractivity contribution in [3.05, 3.63) is 65.4 Å². The third-order valence-electron chi connectivity index (χ3n) is 5.45. The molecule has 1 aromatic heterocycles. The molecule has 0 saturated carbocycles. The number of aromatic nitrogens is 1. The van der Waals surface area contributed by atoms with Crippen molar-refractivity contribution in [2.75, 3.05) is 12.3 Å². The highest BCUT2D eigenvalue weighted by Gasteiger charge is 2.29. The molecule has 0 bridgehead atoms. The third kappa shape index (κ3) is 4.14. The number of nitrogens with two attached hydrogens (primary N) is 1. The normalized spacial score (nSPS) is 21.2. The minimum Gasteiger partial charge on any atom is -0.384 e. The molecule has 7 heteroatoms. The number of fused-ring (bicyclic) bond motifs is 1. The molecule has 0 saturated heterocycles. The molecule has 2 amide bonds. The third-order valence-corrected chi connectivity index (χ3v) is 5.45. The van der Waals surface area contributed by atoms with E-state index in [4.69, 9.17) is 5.73 Å². The number of anilines is 1. The predicted octanol–water partition coefficient (Wildman–Crippen LogP) is 1.33. The number of hydrogen-bond donors (Lipinski definition) is 4. The van der Waals surface area contributed by atoms with Crippen molar-refractivity contribution in [3.63, 3.8) is 0 Å². The Morgan fingerprint density at radius 2 is 2.00 bits per heavy atom. The number of nitrogens with zero attached hydrogens (tertiary/aromatic N) is 1. The first-order valence-corrected chi connectivity index (χ1v) is 9.87. The van der Waals surface area contributed by atoms with Gasteiger partial charge in [-0.25, -0.2) is 4.98 Å². The second kappa shape index (κ2) is 8.05. The molecule has 3 atom stereocenters. The Kier molecular flexibility index (Phi) is 5.31. The fraction of sp³-hybridized carbons (Fsp3) is 0.318. The van der Waals surface area contributed by atoms with Crippen LogP contribution in [-0.2, 0) is 16.0 Å². The topological polar surface area (TPSA) is 109 Å². The number of carbonyl (C=O) groups is 2. The van der Waals surface area contributed by atoms with Gasteiger partial charge in [0.15, 0.2) is 0 Å². The van der Waals surface area contributed by atoms with Crippen LogP contribution in [0.3, 0.4) is 0 Å². The average Bonchev–Trinajstić information content (AvgIpc) is 3.36. The van der Waals surface area contributed by atoms with E-state index in [2.05, 4.69) is 20.9 Å². The zero-order chi connectivity index (χ0) is 20.4. The second-order valence-corrected chi connectivity index (χ2v) is 7.52. The van der Waals surface area contributed by atoms with Gasteiger partial charge in [-0.15, -0.1) is 0 Å². The van der Waals surface area contributed by atoms with Crippen LogP contribution in [0.5, 0.6) is 0 Å². The molecule has 1 aromatic carbocycles. The monoisotopic (exact) mass is 391 g/mol.